The fourth-order valence-corrected chi connectivity index (χ4v) is 4.51. The molecule has 0 aliphatic rings. The van der Waals surface area contributed by atoms with Crippen LogP contribution in [0.5, 0.6) is 0 Å². The molecule has 0 spiro atoms. The molecular weight excluding hydrogens is 582 g/mol. The van der Waals surface area contributed by atoms with Crippen LogP contribution in [-0.4, -0.2) is 48.7 Å². The van der Waals surface area contributed by atoms with Crippen molar-refractivity contribution in [3.8, 4) is 0 Å². The number of aromatic nitrogens is 2. The maximum Gasteiger partial charge on any atom is 0.469 e. The molecule has 0 saturated heterocycles. The number of nitrogens with zero attached hydrogens (tertiary/aromatic N) is 3. The summed E-state index contributed by atoms with van der Waals surface area (Å²) in [5.74, 6) is -1.45. The van der Waals surface area contributed by atoms with Gasteiger partial charge in [-0.3, -0.25) is 9.32 Å². The van der Waals surface area contributed by atoms with Gasteiger partial charge in [-0.1, -0.05) is 27.7 Å². The Morgan fingerprint density at radius 1 is 1.39 bits per heavy atom. The zero-order chi connectivity index (χ0) is 27.0. The van der Waals surface area contributed by atoms with Gasteiger partial charge in [0, 0.05) is 38.8 Å². The minimum atomic E-state index is -4.80. The monoisotopic (exact) mass is 604 g/mol. The van der Waals surface area contributed by atoms with Crippen molar-refractivity contribution < 1.29 is 38.0 Å². The number of nitrogen functional groups attached to an aromatic ring is 1. The molecule has 0 aliphatic carbocycles. The highest BCUT2D eigenvalue weighted by Crippen LogP contribution is 2.39. The van der Waals surface area contributed by atoms with Crippen molar-refractivity contribution in [2.75, 3.05) is 12.3 Å². The zero-order valence-electron chi connectivity index (χ0n) is 19.1. The van der Waals surface area contributed by atoms with Crippen molar-refractivity contribution in [1.29, 1.82) is 0 Å². The molecule has 0 unspecified atom stereocenters. The number of nitrogens with two attached hydrogens (primary N) is 1. The Morgan fingerprint density at radius 3 is 2.67 bits per heavy atom. The van der Waals surface area contributed by atoms with E-state index < -0.39 is 26.2 Å². The van der Waals surface area contributed by atoms with Crippen molar-refractivity contribution in [2.45, 2.75) is 26.8 Å². The van der Waals surface area contributed by atoms with E-state index in [1.807, 2.05) is 0 Å². The number of carbonyl (C=O) groups is 2. The van der Waals surface area contributed by atoms with E-state index in [0.717, 1.165) is 12.1 Å². The quantitative estimate of drug-likeness (QED) is 0.157. The van der Waals surface area contributed by atoms with Crippen LogP contribution in [0.15, 0.2) is 44.4 Å². The van der Waals surface area contributed by atoms with Gasteiger partial charge in [0.15, 0.2) is 0 Å². The number of thioether (sulfide) groups is 1. The third-order valence-corrected chi connectivity index (χ3v) is 6.87. The van der Waals surface area contributed by atoms with Gasteiger partial charge in [-0.2, -0.15) is 0 Å². The van der Waals surface area contributed by atoms with Crippen LogP contribution in [-0.2, 0) is 25.2 Å². The van der Waals surface area contributed by atoms with Crippen molar-refractivity contribution in [2.24, 2.45) is 0 Å². The van der Waals surface area contributed by atoms with E-state index in [0.29, 0.717) is 34.0 Å². The number of halogens is 2. The number of carboxylic acids is 1. The molecule has 0 bridgehead atoms. The molecule has 2 aromatic rings. The maximum atomic E-state index is 14.3. The zero-order valence-corrected chi connectivity index (χ0v) is 22.4. The number of hydrogen-bond donors (Lipinski definition) is 4. The molecule has 0 fully saturated rings. The highest BCUT2D eigenvalue weighted by molar-refractivity contribution is 9.10. The fraction of sp³-hybridized carbons (Fsp3) is 0.238. The Kier molecular flexibility index (Phi) is 10.8. The summed E-state index contributed by atoms with van der Waals surface area (Å²) in [7, 11) is -4.80. The Labute approximate surface area is 218 Å². The second-order valence-electron chi connectivity index (χ2n) is 7.23. The van der Waals surface area contributed by atoms with E-state index in [2.05, 4.69) is 30.4 Å². The number of benzene rings is 1. The number of anilines is 1. The molecule has 0 radical (unpaired) electrons. The lowest BCUT2D eigenvalue weighted by molar-refractivity contribution is -0.131. The second-order valence-corrected chi connectivity index (χ2v) is 10.5. The van der Waals surface area contributed by atoms with E-state index in [4.69, 9.17) is 15.5 Å². The Morgan fingerprint density at radius 2 is 2.08 bits per heavy atom. The van der Waals surface area contributed by atoms with E-state index in [1.165, 1.54) is 30.2 Å². The number of amides is 1. The first-order valence-corrected chi connectivity index (χ1v) is 13.2. The topological polar surface area (TPSA) is 176 Å². The predicted molar refractivity (Wildman–Crippen MR) is 135 cm³/mol. The molecule has 0 atom stereocenters. The Balaban J connectivity index is 2.48. The normalized spacial score (nSPS) is 12.8. The molecular formula is C21H23BrFN4O7PS. The lowest BCUT2D eigenvalue weighted by Crippen LogP contribution is -2.22. The number of phosphoric ester groups is 1. The molecule has 15 heteroatoms. The first-order valence-electron chi connectivity index (χ1n) is 10.1. The summed E-state index contributed by atoms with van der Waals surface area (Å²) in [6, 6.07) is 4.01. The van der Waals surface area contributed by atoms with Gasteiger partial charge in [-0.25, -0.2) is 23.7 Å². The molecule has 1 heterocycles. The number of allylic oxidation sites excluding steroid dienone is 1. The first-order chi connectivity index (χ1) is 16.8. The average molecular weight is 605 g/mol. The van der Waals surface area contributed by atoms with Gasteiger partial charge in [-0.05, 0) is 38.1 Å². The summed E-state index contributed by atoms with van der Waals surface area (Å²) in [4.78, 5) is 51.2. The van der Waals surface area contributed by atoms with Crippen molar-refractivity contribution >= 4 is 59.8 Å². The number of rotatable bonds is 12. The maximum absolute atomic E-state index is 14.3. The van der Waals surface area contributed by atoms with Gasteiger partial charge in [0.2, 0.25) is 6.41 Å². The predicted octanol–water partition coefficient (Wildman–Crippen LogP) is 3.82. The molecule has 1 amide bonds. The van der Waals surface area contributed by atoms with Crippen molar-refractivity contribution in [3.05, 3.63) is 67.1 Å². The summed E-state index contributed by atoms with van der Waals surface area (Å²) >= 11 is 3.89. The summed E-state index contributed by atoms with van der Waals surface area (Å²) in [6.45, 7) is 2.62. The number of phosphoric acid groups is 1. The van der Waals surface area contributed by atoms with Crippen LogP contribution in [0, 0.1) is 12.7 Å². The molecule has 1 aromatic heterocycles. The minimum Gasteiger partial charge on any atom is -0.477 e. The Bertz CT molecular complexity index is 1250. The molecule has 11 nitrogen and oxygen atoms in total. The molecule has 2 rings (SSSR count). The summed E-state index contributed by atoms with van der Waals surface area (Å²) < 4.78 is 30.4. The summed E-state index contributed by atoms with van der Waals surface area (Å²) in [6.07, 6.45) is 2.87. The molecule has 0 saturated carbocycles. The number of carboxylic acid groups (broad SMARTS) is 1. The van der Waals surface area contributed by atoms with E-state index >= 15 is 0 Å². The largest absolute Gasteiger partial charge is 0.477 e. The van der Waals surface area contributed by atoms with Crippen molar-refractivity contribution in [1.82, 2.24) is 14.9 Å². The fourth-order valence-electron chi connectivity index (χ4n) is 2.81. The molecule has 0 aliphatic heterocycles. The van der Waals surface area contributed by atoms with E-state index in [1.54, 1.807) is 6.92 Å². The number of carbonyl (C=O) groups excluding carboxylic acids is 1. The highest BCUT2D eigenvalue weighted by atomic mass is 79.9. The summed E-state index contributed by atoms with van der Waals surface area (Å²) in [5.41, 5.74) is 6.59. The van der Waals surface area contributed by atoms with Crippen molar-refractivity contribution in [3.63, 3.8) is 0 Å². The van der Waals surface area contributed by atoms with E-state index in [9.17, 15) is 23.7 Å². The standard InChI is InChI=1S/C21H23BrFN4O7PS/c1-12(27(11-28)10-15-9-25-13(2)26-20(15)24)18(5-6-34-35(31,32)33)36-19(21(29)30)8-14-7-16(22)3-4-17(14)23/h3-4,7-9,11H,5-6,10H2,1-2H3,(H,29,30)(H2,24,25,26)(H2,31,32,33)/b18-12-,19-8+. The van der Waals surface area contributed by atoms with Crippen LogP contribution in [0.4, 0.5) is 10.2 Å². The van der Waals surface area contributed by atoms with Gasteiger partial charge < -0.3 is 25.5 Å². The minimum absolute atomic E-state index is 0.00503. The van der Waals surface area contributed by atoms with Gasteiger partial charge in [0.25, 0.3) is 0 Å². The van der Waals surface area contributed by atoms with Crippen LogP contribution in [0.1, 0.15) is 30.3 Å². The van der Waals surface area contributed by atoms with Gasteiger partial charge >= 0.3 is 13.8 Å². The van der Waals surface area contributed by atoms with Crippen LogP contribution < -0.4 is 5.73 Å². The lowest BCUT2D eigenvalue weighted by atomic mass is 10.2. The summed E-state index contributed by atoms with van der Waals surface area (Å²) in [5, 5.41) is 9.76. The van der Waals surface area contributed by atoms with E-state index in [-0.39, 0.29) is 39.9 Å². The third kappa shape index (κ3) is 9.12. The van der Waals surface area contributed by atoms with Gasteiger partial charge in [-0.15, -0.1) is 0 Å². The molecule has 5 N–H and O–H groups in total. The molecule has 194 valence electrons. The van der Waals surface area contributed by atoms with Crippen LogP contribution in [0.2, 0.25) is 0 Å². The SMILES string of the molecule is C/C(=C(\CCOP(=O)(O)O)S/C(=C/c1cc(Br)ccc1F)C(=O)O)N(C=O)Cc1cnc(C)nc1N. The Hall–Kier alpha value is -2.61. The van der Waals surface area contributed by atoms with Gasteiger partial charge in [0.1, 0.15) is 17.5 Å². The third-order valence-electron chi connectivity index (χ3n) is 4.60. The second kappa shape index (κ2) is 13.1. The smallest absolute Gasteiger partial charge is 0.469 e. The van der Waals surface area contributed by atoms with Crippen LogP contribution >= 0.6 is 35.5 Å². The molecule has 36 heavy (non-hydrogen) atoms. The number of hydrogen-bond acceptors (Lipinski definition) is 8. The highest BCUT2D eigenvalue weighted by Gasteiger charge is 2.21. The van der Waals surface area contributed by atoms with Gasteiger partial charge in [0.05, 0.1) is 18.1 Å². The number of aliphatic carboxylic acids is 1. The molecule has 1 aromatic carbocycles. The first kappa shape index (κ1) is 29.6. The van der Waals surface area contributed by atoms with Crippen LogP contribution in [0.25, 0.3) is 6.08 Å². The average Bonchev–Trinajstić information content (AvgIpc) is 2.78. The van der Waals surface area contributed by atoms with Crippen LogP contribution in [0.3, 0.4) is 0 Å². The lowest BCUT2D eigenvalue weighted by Gasteiger charge is -2.22. The number of aryl methyl sites for hydroxylation is 1.